The van der Waals surface area contributed by atoms with Crippen LogP contribution in [0, 0.1) is 5.41 Å². The van der Waals surface area contributed by atoms with Crippen molar-refractivity contribution in [1.82, 2.24) is 0 Å². The number of hydrogen-bond donors (Lipinski definition) is 2. The maximum atomic E-state index is 14.6. The van der Waals surface area contributed by atoms with Gasteiger partial charge in [0.15, 0.2) is 5.78 Å². The molecular weight excluding hydrogens is 609 g/mol. The highest BCUT2D eigenvalue weighted by atomic mass is 32.2. The predicted octanol–water partition coefficient (Wildman–Crippen LogP) is 6.54. The Bertz CT molecular complexity index is 1700. The topological polar surface area (TPSA) is 135 Å². The summed E-state index contributed by atoms with van der Waals surface area (Å²) in [7, 11) is -7.84. The molecule has 232 valence electrons. The zero-order valence-corrected chi connectivity index (χ0v) is 27.8. The van der Waals surface area contributed by atoms with Gasteiger partial charge in [0.05, 0.1) is 22.3 Å². The molecule has 43 heavy (non-hydrogen) atoms. The third-order valence-corrected chi connectivity index (χ3v) is 11.2. The molecule has 0 bridgehead atoms. The fourth-order valence-corrected chi connectivity index (χ4v) is 8.08. The van der Waals surface area contributed by atoms with Crippen molar-refractivity contribution in [3.8, 4) is 5.75 Å². The van der Waals surface area contributed by atoms with E-state index in [2.05, 4.69) is 0 Å². The average molecular weight is 647 g/mol. The van der Waals surface area contributed by atoms with Crippen LogP contribution in [0.3, 0.4) is 0 Å². The van der Waals surface area contributed by atoms with E-state index in [1.54, 1.807) is 42.5 Å². The molecule has 1 aliphatic rings. The van der Waals surface area contributed by atoms with Gasteiger partial charge in [-0.3, -0.25) is 13.9 Å². The molecule has 2 N–H and O–H groups in total. The summed E-state index contributed by atoms with van der Waals surface area (Å²) in [6.07, 6.45) is -0.224. The standard InChI is InChI=1S/C32H38O8S3/c1-30(2,3)22-8-12-27(42(34,35)36)20(14-22)17-32(19-41-26-11-10-24(40-7)16-25(26)29(32)33)18-21-15-23(31(4,5)6)9-13-28(21)43(37,38)39/h8-16H,17-19H2,1-7H3,(H,34,35,36)(H,37,38,39). The van der Waals surface area contributed by atoms with Gasteiger partial charge in [-0.1, -0.05) is 65.8 Å². The summed E-state index contributed by atoms with van der Waals surface area (Å²) in [5.41, 5.74) is 0.375. The van der Waals surface area contributed by atoms with E-state index in [0.717, 1.165) is 16.0 Å². The summed E-state index contributed by atoms with van der Waals surface area (Å²) in [5, 5.41) is 0. The van der Waals surface area contributed by atoms with Crippen LogP contribution in [-0.2, 0) is 43.9 Å². The Hall–Kier alpha value is -2.70. The maximum Gasteiger partial charge on any atom is 0.294 e. The first kappa shape index (κ1) is 33.2. The molecule has 0 aromatic heterocycles. The number of benzene rings is 3. The highest BCUT2D eigenvalue weighted by Crippen LogP contribution is 2.47. The van der Waals surface area contributed by atoms with E-state index in [9.17, 15) is 30.7 Å². The molecule has 0 spiro atoms. The molecule has 8 nitrogen and oxygen atoms in total. The first-order valence-corrected chi connectivity index (χ1v) is 17.6. The van der Waals surface area contributed by atoms with Crippen LogP contribution >= 0.6 is 11.8 Å². The number of rotatable bonds is 7. The van der Waals surface area contributed by atoms with Crippen LogP contribution in [0.25, 0.3) is 0 Å². The Kier molecular flexibility index (Phi) is 8.76. The number of Topliss-reactive ketones (excluding diaryl/α,β-unsaturated/α-hetero) is 1. The molecule has 3 aromatic rings. The summed E-state index contributed by atoms with van der Waals surface area (Å²) in [6.45, 7) is 11.8. The van der Waals surface area contributed by atoms with E-state index < -0.39 is 25.7 Å². The van der Waals surface area contributed by atoms with Crippen molar-refractivity contribution in [1.29, 1.82) is 0 Å². The third-order valence-electron chi connectivity index (χ3n) is 7.88. The van der Waals surface area contributed by atoms with Crippen molar-refractivity contribution in [2.75, 3.05) is 12.9 Å². The molecule has 0 atom stereocenters. The van der Waals surface area contributed by atoms with Gasteiger partial charge in [-0.25, -0.2) is 0 Å². The highest BCUT2D eigenvalue weighted by molar-refractivity contribution is 7.99. The fourth-order valence-electron chi connectivity index (χ4n) is 5.43. The molecule has 0 aliphatic carbocycles. The molecular formula is C32H38O8S3. The SMILES string of the molecule is COc1ccc2c(c1)C(=O)C(Cc1cc(C(C)(C)C)ccc1S(=O)(=O)O)(Cc1cc(C(C)(C)C)ccc1S(=O)(=O)O)CS2. The van der Waals surface area contributed by atoms with Crippen molar-refractivity contribution in [2.24, 2.45) is 5.41 Å². The summed E-state index contributed by atoms with van der Waals surface area (Å²) < 4.78 is 76.0. The number of carbonyl (C=O) groups excluding carboxylic acids is 1. The fraction of sp³-hybridized carbons (Fsp3) is 0.406. The molecule has 4 rings (SSSR count). The lowest BCUT2D eigenvalue weighted by Gasteiger charge is -2.38. The summed E-state index contributed by atoms with van der Waals surface area (Å²) in [4.78, 5) is 14.7. The lowest BCUT2D eigenvalue weighted by Crippen LogP contribution is -2.42. The molecule has 0 saturated heterocycles. The Labute approximate surface area is 258 Å². The van der Waals surface area contributed by atoms with Crippen molar-refractivity contribution < 1.29 is 35.5 Å². The molecule has 3 aromatic carbocycles. The van der Waals surface area contributed by atoms with Crippen molar-refractivity contribution in [2.45, 2.75) is 79.9 Å². The summed E-state index contributed by atoms with van der Waals surface area (Å²) in [6, 6.07) is 14.5. The molecule has 0 fully saturated rings. The molecule has 0 saturated carbocycles. The molecule has 0 unspecified atom stereocenters. The second-order valence-electron chi connectivity index (χ2n) is 13.2. The smallest absolute Gasteiger partial charge is 0.294 e. The third kappa shape index (κ3) is 7.01. The second kappa shape index (κ2) is 11.3. The van der Waals surface area contributed by atoms with Gasteiger partial charge < -0.3 is 4.74 Å². The van der Waals surface area contributed by atoms with E-state index in [4.69, 9.17) is 4.74 Å². The van der Waals surface area contributed by atoms with Gasteiger partial charge >= 0.3 is 0 Å². The number of thioether (sulfide) groups is 1. The van der Waals surface area contributed by atoms with Crippen LogP contribution in [-0.4, -0.2) is 44.6 Å². The van der Waals surface area contributed by atoms with E-state index in [1.165, 1.54) is 31.0 Å². The molecule has 11 heteroatoms. The first-order valence-electron chi connectivity index (χ1n) is 13.7. The van der Waals surface area contributed by atoms with Crippen LogP contribution in [0.1, 0.15) is 74.2 Å². The number of hydrogen-bond acceptors (Lipinski definition) is 7. The van der Waals surface area contributed by atoms with Crippen molar-refractivity contribution >= 4 is 37.8 Å². The van der Waals surface area contributed by atoms with Gasteiger partial charge in [-0.2, -0.15) is 16.8 Å². The van der Waals surface area contributed by atoms with Crippen LogP contribution in [0.2, 0.25) is 0 Å². The van der Waals surface area contributed by atoms with Gasteiger partial charge in [0.2, 0.25) is 0 Å². The van der Waals surface area contributed by atoms with Gasteiger partial charge in [0.1, 0.15) is 5.75 Å². The Morgan fingerprint density at radius 3 is 1.63 bits per heavy atom. The Morgan fingerprint density at radius 2 is 1.23 bits per heavy atom. The van der Waals surface area contributed by atoms with Crippen LogP contribution in [0.15, 0.2) is 69.3 Å². The Morgan fingerprint density at radius 1 is 0.767 bits per heavy atom. The van der Waals surface area contributed by atoms with E-state index in [1.807, 2.05) is 41.5 Å². The van der Waals surface area contributed by atoms with Gasteiger partial charge in [0, 0.05) is 16.2 Å². The molecule has 0 amide bonds. The lowest BCUT2D eigenvalue weighted by molar-refractivity contribution is 0.0810. The summed E-state index contributed by atoms with van der Waals surface area (Å²) in [5.74, 6) is 0.343. The number of fused-ring (bicyclic) bond motifs is 1. The number of ether oxygens (including phenoxy) is 1. The quantitative estimate of drug-likeness (QED) is 0.274. The number of methoxy groups -OCH3 is 1. The molecule has 0 radical (unpaired) electrons. The van der Waals surface area contributed by atoms with Crippen LogP contribution < -0.4 is 4.74 Å². The van der Waals surface area contributed by atoms with Crippen molar-refractivity contribution in [3.63, 3.8) is 0 Å². The normalized spacial score (nSPS) is 15.7. The minimum Gasteiger partial charge on any atom is -0.497 e. The minimum absolute atomic E-state index is 0.112. The molecule has 1 aliphatic heterocycles. The largest absolute Gasteiger partial charge is 0.497 e. The molecule has 1 heterocycles. The van der Waals surface area contributed by atoms with Crippen LogP contribution in [0.4, 0.5) is 0 Å². The lowest BCUT2D eigenvalue weighted by atomic mass is 9.71. The highest BCUT2D eigenvalue weighted by Gasteiger charge is 2.45. The van der Waals surface area contributed by atoms with E-state index in [0.29, 0.717) is 11.3 Å². The van der Waals surface area contributed by atoms with Crippen LogP contribution in [0.5, 0.6) is 5.75 Å². The number of carbonyl (C=O) groups is 1. The Balaban J connectivity index is 2.01. The average Bonchev–Trinajstić information content (AvgIpc) is 2.88. The van der Waals surface area contributed by atoms with E-state index >= 15 is 0 Å². The van der Waals surface area contributed by atoms with E-state index in [-0.39, 0.29) is 56.1 Å². The zero-order chi connectivity index (χ0) is 32.2. The van der Waals surface area contributed by atoms with Crippen molar-refractivity contribution in [3.05, 3.63) is 82.4 Å². The maximum absolute atomic E-state index is 14.6. The predicted molar refractivity (Wildman–Crippen MR) is 168 cm³/mol. The monoisotopic (exact) mass is 646 g/mol. The summed E-state index contributed by atoms with van der Waals surface area (Å²) >= 11 is 1.40. The van der Waals surface area contributed by atoms with Gasteiger partial charge in [-0.05, 0) is 76.3 Å². The minimum atomic E-state index is -4.67. The van der Waals surface area contributed by atoms with Gasteiger partial charge in [-0.15, -0.1) is 11.8 Å². The zero-order valence-electron chi connectivity index (χ0n) is 25.4. The van der Waals surface area contributed by atoms with Gasteiger partial charge in [0.25, 0.3) is 20.2 Å². The number of ketones is 1. The first-order chi connectivity index (χ1) is 19.7. The second-order valence-corrected chi connectivity index (χ2v) is 17.0.